The number of amides is 2. The molecular formula is C20H15Cl3N2O6S. The van der Waals surface area contributed by atoms with E-state index in [1.54, 1.807) is 0 Å². The molecule has 8 nitrogen and oxygen atoms in total. The minimum Gasteiger partial charge on any atom is -0.483 e. The van der Waals surface area contributed by atoms with Gasteiger partial charge in [-0.05, 0) is 36.8 Å². The molecule has 0 aliphatic carbocycles. The SMILES string of the molecule is COC(=O)c1c(NC(=O)c2ccc(COc3c(Cl)cc(Cl)cc3Cl)o2)sc(C(N)=O)c1C. The summed E-state index contributed by atoms with van der Waals surface area (Å²) in [5.74, 6) is -1.62. The van der Waals surface area contributed by atoms with Crippen molar-refractivity contribution in [2.75, 3.05) is 12.4 Å². The fraction of sp³-hybridized carbons (Fsp3) is 0.150. The Labute approximate surface area is 201 Å². The number of benzene rings is 1. The Kier molecular flexibility index (Phi) is 7.35. The summed E-state index contributed by atoms with van der Waals surface area (Å²) >= 11 is 18.9. The molecule has 0 bridgehead atoms. The van der Waals surface area contributed by atoms with Gasteiger partial charge in [-0.2, -0.15) is 0 Å². The third kappa shape index (κ3) is 5.02. The highest BCUT2D eigenvalue weighted by atomic mass is 35.5. The summed E-state index contributed by atoms with van der Waals surface area (Å²) in [6.45, 7) is 1.47. The maximum atomic E-state index is 12.6. The predicted molar refractivity (Wildman–Crippen MR) is 121 cm³/mol. The number of ether oxygens (including phenoxy) is 2. The number of anilines is 1. The van der Waals surface area contributed by atoms with Crippen LogP contribution in [0.1, 0.15) is 41.9 Å². The van der Waals surface area contributed by atoms with Crippen molar-refractivity contribution in [2.24, 2.45) is 5.73 Å². The second-order valence-electron chi connectivity index (χ2n) is 6.32. The third-order valence-electron chi connectivity index (χ3n) is 4.19. The zero-order valence-corrected chi connectivity index (χ0v) is 19.7. The molecule has 32 heavy (non-hydrogen) atoms. The lowest BCUT2D eigenvalue weighted by atomic mass is 10.1. The Balaban J connectivity index is 1.76. The molecule has 1 aromatic carbocycles. The molecule has 0 atom stereocenters. The van der Waals surface area contributed by atoms with Gasteiger partial charge in [0, 0.05) is 5.02 Å². The lowest BCUT2D eigenvalue weighted by Crippen LogP contribution is -2.14. The van der Waals surface area contributed by atoms with Crippen LogP contribution >= 0.6 is 46.1 Å². The van der Waals surface area contributed by atoms with Crippen molar-refractivity contribution in [3.8, 4) is 5.75 Å². The van der Waals surface area contributed by atoms with Gasteiger partial charge < -0.3 is 24.9 Å². The van der Waals surface area contributed by atoms with Crippen LogP contribution in [-0.4, -0.2) is 24.9 Å². The minimum atomic E-state index is -0.727. The molecule has 0 fully saturated rings. The van der Waals surface area contributed by atoms with E-state index in [0.717, 1.165) is 11.3 Å². The summed E-state index contributed by atoms with van der Waals surface area (Å²) in [5, 5.41) is 3.47. The first-order chi connectivity index (χ1) is 15.1. The summed E-state index contributed by atoms with van der Waals surface area (Å²) in [7, 11) is 1.19. The van der Waals surface area contributed by atoms with E-state index < -0.39 is 17.8 Å². The van der Waals surface area contributed by atoms with Crippen LogP contribution in [0.3, 0.4) is 0 Å². The number of carbonyl (C=O) groups excluding carboxylic acids is 3. The van der Waals surface area contributed by atoms with E-state index in [1.165, 1.54) is 38.3 Å². The van der Waals surface area contributed by atoms with Gasteiger partial charge in [-0.15, -0.1) is 11.3 Å². The lowest BCUT2D eigenvalue weighted by molar-refractivity contribution is 0.0601. The predicted octanol–water partition coefficient (Wildman–Crippen LogP) is 5.33. The van der Waals surface area contributed by atoms with Crippen molar-refractivity contribution in [1.29, 1.82) is 0 Å². The fourth-order valence-electron chi connectivity index (χ4n) is 2.74. The monoisotopic (exact) mass is 516 g/mol. The van der Waals surface area contributed by atoms with E-state index in [2.05, 4.69) is 5.32 Å². The molecule has 12 heteroatoms. The average molecular weight is 518 g/mol. The van der Waals surface area contributed by atoms with E-state index in [-0.39, 0.29) is 43.6 Å². The van der Waals surface area contributed by atoms with Crippen LogP contribution in [0, 0.1) is 6.92 Å². The molecule has 0 unspecified atom stereocenters. The number of thiophene rings is 1. The molecule has 3 N–H and O–H groups in total. The highest BCUT2D eigenvalue weighted by Crippen LogP contribution is 2.36. The van der Waals surface area contributed by atoms with Gasteiger partial charge in [0.25, 0.3) is 11.8 Å². The second kappa shape index (κ2) is 9.83. The van der Waals surface area contributed by atoms with Crippen LogP contribution in [-0.2, 0) is 11.3 Å². The number of esters is 1. The van der Waals surface area contributed by atoms with Crippen molar-refractivity contribution in [3.05, 3.63) is 66.9 Å². The van der Waals surface area contributed by atoms with Crippen molar-refractivity contribution in [1.82, 2.24) is 0 Å². The molecule has 0 radical (unpaired) electrons. The number of methoxy groups -OCH3 is 1. The van der Waals surface area contributed by atoms with Crippen molar-refractivity contribution >= 4 is 68.9 Å². The molecule has 3 aromatic rings. The lowest BCUT2D eigenvalue weighted by Gasteiger charge is -2.09. The molecule has 0 aliphatic rings. The number of nitrogens with one attached hydrogen (secondary N) is 1. The maximum absolute atomic E-state index is 12.6. The number of halogens is 3. The number of hydrogen-bond acceptors (Lipinski definition) is 7. The van der Waals surface area contributed by atoms with E-state index in [9.17, 15) is 14.4 Å². The number of carbonyl (C=O) groups is 3. The second-order valence-corrected chi connectivity index (χ2v) is 8.59. The van der Waals surface area contributed by atoms with Crippen LogP contribution in [0.4, 0.5) is 5.00 Å². The van der Waals surface area contributed by atoms with Crippen LogP contribution < -0.4 is 15.8 Å². The van der Waals surface area contributed by atoms with Crippen LogP contribution in [0.5, 0.6) is 5.75 Å². The van der Waals surface area contributed by atoms with Crippen LogP contribution in [0.25, 0.3) is 0 Å². The molecule has 2 heterocycles. The van der Waals surface area contributed by atoms with Gasteiger partial charge in [-0.25, -0.2) is 4.79 Å². The summed E-state index contributed by atoms with van der Waals surface area (Å²) in [6, 6.07) is 5.91. The normalized spacial score (nSPS) is 10.7. The number of primary amides is 1. The van der Waals surface area contributed by atoms with Gasteiger partial charge in [0.1, 0.15) is 17.4 Å². The summed E-state index contributed by atoms with van der Waals surface area (Å²) in [6.07, 6.45) is 0. The summed E-state index contributed by atoms with van der Waals surface area (Å²) in [5.41, 5.74) is 5.70. The van der Waals surface area contributed by atoms with Gasteiger partial charge in [0.15, 0.2) is 11.5 Å². The molecule has 0 saturated carbocycles. The van der Waals surface area contributed by atoms with Gasteiger partial charge in [0.2, 0.25) is 0 Å². The first-order valence-corrected chi connectivity index (χ1v) is 10.8. The van der Waals surface area contributed by atoms with Gasteiger partial charge in [-0.3, -0.25) is 9.59 Å². The van der Waals surface area contributed by atoms with E-state index >= 15 is 0 Å². The highest BCUT2D eigenvalue weighted by molar-refractivity contribution is 7.18. The molecule has 168 valence electrons. The Morgan fingerprint density at radius 3 is 2.41 bits per heavy atom. The molecular weight excluding hydrogens is 503 g/mol. The van der Waals surface area contributed by atoms with Crippen molar-refractivity contribution in [3.63, 3.8) is 0 Å². The topological polar surface area (TPSA) is 121 Å². The number of hydrogen-bond donors (Lipinski definition) is 2. The number of rotatable bonds is 7. The quantitative estimate of drug-likeness (QED) is 0.409. The molecule has 0 aliphatic heterocycles. The largest absolute Gasteiger partial charge is 0.483 e. The zero-order valence-electron chi connectivity index (χ0n) is 16.6. The van der Waals surface area contributed by atoms with Gasteiger partial charge in [0.05, 0.1) is 27.6 Å². The standard InChI is InChI=1S/C20H15Cl3N2O6S/c1-8-14(20(28)29-2)19(32-16(8)17(24)26)25-18(27)13-4-3-10(31-13)7-30-15-11(22)5-9(21)6-12(15)23/h3-6H,7H2,1-2H3,(H2,24,26)(H,25,27). The smallest absolute Gasteiger partial charge is 0.341 e. The summed E-state index contributed by atoms with van der Waals surface area (Å²) < 4.78 is 15.8. The Hall–Kier alpha value is -2.72. The fourth-order valence-corrected chi connectivity index (χ4v) is 4.70. The molecule has 3 rings (SSSR count). The molecule has 0 spiro atoms. The maximum Gasteiger partial charge on any atom is 0.341 e. The van der Waals surface area contributed by atoms with Gasteiger partial charge >= 0.3 is 5.97 Å². The first-order valence-electron chi connectivity index (χ1n) is 8.81. The Morgan fingerprint density at radius 1 is 1.16 bits per heavy atom. The van der Waals surface area contributed by atoms with Crippen LogP contribution in [0.2, 0.25) is 15.1 Å². The summed E-state index contributed by atoms with van der Waals surface area (Å²) in [4.78, 5) is 36.5. The average Bonchev–Trinajstić information content (AvgIpc) is 3.31. The van der Waals surface area contributed by atoms with Crippen LogP contribution in [0.15, 0.2) is 28.7 Å². The van der Waals surface area contributed by atoms with Crippen molar-refractivity contribution < 1.29 is 28.3 Å². The molecule has 2 aromatic heterocycles. The van der Waals surface area contributed by atoms with E-state index in [0.29, 0.717) is 16.3 Å². The van der Waals surface area contributed by atoms with Gasteiger partial charge in [-0.1, -0.05) is 34.8 Å². The minimum absolute atomic E-state index is 0.0433. The third-order valence-corrected chi connectivity index (χ3v) is 6.20. The highest BCUT2D eigenvalue weighted by Gasteiger charge is 2.26. The Morgan fingerprint density at radius 2 is 1.81 bits per heavy atom. The zero-order chi connectivity index (χ0) is 23.6. The molecule has 2 amide bonds. The number of nitrogens with two attached hydrogens (primary N) is 1. The Bertz CT molecular complexity index is 1200. The number of furan rings is 1. The first kappa shape index (κ1) is 23.9. The van der Waals surface area contributed by atoms with Crippen molar-refractivity contribution in [2.45, 2.75) is 13.5 Å². The van der Waals surface area contributed by atoms with E-state index in [4.69, 9.17) is 54.4 Å². The molecule has 0 saturated heterocycles. The van der Waals surface area contributed by atoms with E-state index in [1.807, 2.05) is 0 Å².